The van der Waals surface area contributed by atoms with E-state index in [9.17, 15) is 0 Å². The molecule has 0 bridgehead atoms. The molecule has 0 heterocycles. The lowest BCUT2D eigenvalue weighted by molar-refractivity contribution is 0.224. The molecule has 0 rings (SSSR count). The van der Waals surface area contributed by atoms with Gasteiger partial charge in [-0.1, -0.05) is 0 Å². The van der Waals surface area contributed by atoms with Crippen LogP contribution in [0.2, 0.25) is 0 Å². The standard InChI is InChI=1S/C6H14N2O2/c1-10-5-6(7)4-8-2-3-9/h4,8-9H,2-3,5,7H2,1H3/b6-4-. The lowest BCUT2D eigenvalue weighted by Gasteiger charge is -2.00. The Balaban J connectivity index is 3.28. The molecule has 0 spiro atoms. The molecule has 10 heavy (non-hydrogen) atoms. The SMILES string of the molecule is COC/C(N)=C/NCCO. The van der Waals surface area contributed by atoms with Crippen LogP contribution in [0.15, 0.2) is 11.9 Å². The molecule has 0 aromatic heterocycles. The van der Waals surface area contributed by atoms with Crippen molar-refractivity contribution in [3.05, 3.63) is 11.9 Å². The highest BCUT2D eigenvalue weighted by Crippen LogP contribution is 1.79. The maximum atomic E-state index is 8.35. The van der Waals surface area contributed by atoms with Crippen LogP contribution in [0.3, 0.4) is 0 Å². The van der Waals surface area contributed by atoms with E-state index in [1.807, 2.05) is 0 Å². The van der Waals surface area contributed by atoms with Gasteiger partial charge in [-0.25, -0.2) is 0 Å². The predicted molar refractivity (Wildman–Crippen MR) is 39.2 cm³/mol. The van der Waals surface area contributed by atoms with Gasteiger partial charge in [0.2, 0.25) is 0 Å². The number of aliphatic hydroxyl groups is 1. The van der Waals surface area contributed by atoms with Crippen LogP contribution >= 0.6 is 0 Å². The van der Waals surface area contributed by atoms with Crippen molar-refractivity contribution in [2.75, 3.05) is 26.9 Å². The third-order valence-electron chi connectivity index (χ3n) is 0.855. The number of hydrogen-bond acceptors (Lipinski definition) is 4. The molecule has 4 heteroatoms. The topological polar surface area (TPSA) is 67.5 Å². The third kappa shape index (κ3) is 5.40. The minimum absolute atomic E-state index is 0.108. The molecule has 0 aliphatic heterocycles. The molecule has 4 nitrogen and oxygen atoms in total. The number of ether oxygens (including phenoxy) is 1. The van der Waals surface area contributed by atoms with Crippen molar-refractivity contribution in [3.63, 3.8) is 0 Å². The second kappa shape index (κ2) is 6.38. The summed E-state index contributed by atoms with van der Waals surface area (Å²) in [6.07, 6.45) is 1.62. The van der Waals surface area contributed by atoms with Crippen molar-refractivity contribution < 1.29 is 9.84 Å². The second-order valence-corrected chi connectivity index (χ2v) is 1.83. The third-order valence-corrected chi connectivity index (χ3v) is 0.855. The molecule has 0 aliphatic carbocycles. The lowest BCUT2D eigenvalue weighted by atomic mass is 10.5. The highest BCUT2D eigenvalue weighted by molar-refractivity contribution is 4.94. The molecule has 4 N–H and O–H groups in total. The van der Waals surface area contributed by atoms with E-state index in [-0.39, 0.29) is 6.61 Å². The minimum atomic E-state index is 0.108. The number of rotatable bonds is 5. The average molecular weight is 146 g/mol. The first-order valence-corrected chi connectivity index (χ1v) is 3.09. The first kappa shape index (κ1) is 9.26. The lowest BCUT2D eigenvalue weighted by Crippen LogP contribution is -2.15. The summed E-state index contributed by atoms with van der Waals surface area (Å²) in [5, 5.41) is 11.1. The Morgan fingerprint density at radius 2 is 2.50 bits per heavy atom. The zero-order chi connectivity index (χ0) is 7.82. The molecule has 60 valence electrons. The van der Waals surface area contributed by atoms with Gasteiger partial charge in [0.05, 0.1) is 18.9 Å². The fourth-order valence-corrected chi connectivity index (χ4v) is 0.476. The van der Waals surface area contributed by atoms with Crippen LogP contribution in [-0.4, -0.2) is 32.0 Å². The Morgan fingerprint density at radius 3 is 3.00 bits per heavy atom. The van der Waals surface area contributed by atoms with E-state index in [0.717, 1.165) is 0 Å². The van der Waals surface area contributed by atoms with Crippen molar-refractivity contribution >= 4 is 0 Å². The van der Waals surface area contributed by atoms with Crippen LogP contribution in [-0.2, 0) is 4.74 Å². The molecule has 0 aromatic rings. The maximum absolute atomic E-state index is 8.35. The molecular formula is C6H14N2O2. The average Bonchev–Trinajstić information content (AvgIpc) is 1.89. The molecule has 0 amide bonds. The van der Waals surface area contributed by atoms with Crippen molar-refractivity contribution in [2.24, 2.45) is 5.73 Å². The van der Waals surface area contributed by atoms with Crippen molar-refractivity contribution in [1.29, 1.82) is 0 Å². The van der Waals surface area contributed by atoms with Crippen LogP contribution < -0.4 is 11.1 Å². The molecule has 0 atom stereocenters. The van der Waals surface area contributed by atoms with Gasteiger partial charge in [-0.15, -0.1) is 0 Å². The molecule has 0 saturated heterocycles. The number of nitrogens with two attached hydrogens (primary N) is 1. The normalized spacial score (nSPS) is 11.6. The summed E-state index contributed by atoms with van der Waals surface area (Å²) in [7, 11) is 1.58. The quantitative estimate of drug-likeness (QED) is 0.436. The predicted octanol–water partition coefficient (Wildman–Crippen LogP) is -0.985. The molecule has 0 aromatic carbocycles. The van der Waals surface area contributed by atoms with E-state index in [1.54, 1.807) is 13.3 Å². The largest absolute Gasteiger partial charge is 0.399 e. The first-order chi connectivity index (χ1) is 4.81. The minimum Gasteiger partial charge on any atom is -0.399 e. The van der Waals surface area contributed by atoms with Crippen LogP contribution in [0.5, 0.6) is 0 Å². The zero-order valence-electron chi connectivity index (χ0n) is 6.13. The number of aliphatic hydroxyl groups excluding tert-OH is 1. The molecule has 0 unspecified atom stereocenters. The Kier molecular flexibility index (Phi) is 5.91. The molecule has 0 saturated carbocycles. The van der Waals surface area contributed by atoms with Gasteiger partial charge in [0, 0.05) is 19.9 Å². The highest BCUT2D eigenvalue weighted by Gasteiger charge is 1.85. The Bertz CT molecular complexity index is 104. The van der Waals surface area contributed by atoms with Crippen molar-refractivity contribution in [3.8, 4) is 0 Å². The van der Waals surface area contributed by atoms with Gasteiger partial charge in [-0.2, -0.15) is 0 Å². The number of methoxy groups -OCH3 is 1. The van der Waals surface area contributed by atoms with Gasteiger partial charge in [0.25, 0.3) is 0 Å². The van der Waals surface area contributed by atoms with Gasteiger partial charge in [-0.3, -0.25) is 0 Å². The second-order valence-electron chi connectivity index (χ2n) is 1.83. The van der Waals surface area contributed by atoms with E-state index in [4.69, 9.17) is 15.6 Å². The Labute approximate surface area is 60.7 Å². The Hall–Kier alpha value is -0.740. The van der Waals surface area contributed by atoms with Crippen molar-refractivity contribution in [1.82, 2.24) is 5.32 Å². The summed E-state index contributed by atoms with van der Waals surface area (Å²) in [5.74, 6) is 0. The highest BCUT2D eigenvalue weighted by atomic mass is 16.5. The summed E-state index contributed by atoms with van der Waals surface area (Å²) in [6, 6.07) is 0. The van der Waals surface area contributed by atoms with Crippen LogP contribution in [0.4, 0.5) is 0 Å². The van der Waals surface area contributed by atoms with Crippen molar-refractivity contribution in [2.45, 2.75) is 0 Å². The van der Waals surface area contributed by atoms with Gasteiger partial charge in [0.1, 0.15) is 0 Å². The van der Waals surface area contributed by atoms with Crippen LogP contribution in [0.25, 0.3) is 0 Å². The molecular weight excluding hydrogens is 132 g/mol. The van der Waals surface area contributed by atoms with E-state index in [2.05, 4.69) is 5.32 Å². The first-order valence-electron chi connectivity index (χ1n) is 3.09. The van der Waals surface area contributed by atoms with E-state index >= 15 is 0 Å². The zero-order valence-corrected chi connectivity index (χ0v) is 6.13. The molecule has 0 aliphatic rings. The van der Waals surface area contributed by atoms with Gasteiger partial charge in [-0.05, 0) is 0 Å². The van der Waals surface area contributed by atoms with Gasteiger partial charge in [0.15, 0.2) is 0 Å². The summed E-state index contributed by atoms with van der Waals surface area (Å²) >= 11 is 0. The summed E-state index contributed by atoms with van der Waals surface area (Å²) in [6.45, 7) is 1.04. The number of hydrogen-bond donors (Lipinski definition) is 3. The number of nitrogens with one attached hydrogen (secondary N) is 1. The van der Waals surface area contributed by atoms with Crippen LogP contribution in [0, 0.1) is 0 Å². The monoisotopic (exact) mass is 146 g/mol. The maximum Gasteiger partial charge on any atom is 0.0871 e. The summed E-state index contributed by atoms with van der Waals surface area (Å²) in [4.78, 5) is 0. The summed E-state index contributed by atoms with van der Waals surface area (Å²) in [5.41, 5.74) is 6.04. The van der Waals surface area contributed by atoms with Crippen LogP contribution in [0.1, 0.15) is 0 Å². The van der Waals surface area contributed by atoms with E-state index in [1.165, 1.54) is 0 Å². The molecule has 0 radical (unpaired) electrons. The molecule has 0 fully saturated rings. The van der Waals surface area contributed by atoms with Gasteiger partial charge >= 0.3 is 0 Å². The smallest absolute Gasteiger partial charge is 0.0871 e. The fourth-order valence-electron chi connectivity index (χ4n) is 0.476. The summed E-state index contributed by atoms with van der Waals surface area (Å²) < 4.78 is 4.74. The fraction of sp³-hybridized carbons (Fsp3) is 0.667. The van der Waals surface area contributed by atoms with E-state index < -0.39 is 0 Å². The Morgan fingerprint density at radius 1 is 1.80 bits per heavy atom. The van der Waals surface area contributed by atoms with E-state index in [0.29, 0.717) is 18.8 Å². The van der Waals surface area contributed by atoms with Gasteiger partial charge < -0.3 is 20.9 Å².